The van der Waals surface area contributed by atoms with Gasteiger partial charge in [-0.2, -0.15) is 0 Å². The molecule has 0 aliphatic carbocycles. The number of ether oxygens (including phenoxy) is 1. The molecule has 0 fully saturated rings. The van der Waals surface area contributed by atoms with Crippen molar-refractivity contribution in [2.75, 3.05) is 12.4 Å². The van der Waals surface area contributed by atoms with Crippen LogP contribution in [-0.4, -0.2) is 24.0 Å². The number of methoxy groups -OCH3 is 1. The fourth-order valence-corrected chi connectivity index (χ4v) is 3.06. The van der Waals surface area contributed by atoms with Crippen molar-refractivity contribution in [3.63, 3.8) is 0 Å². The molecule has 0 radical (unpaired) electrons. The van der Waals surface area contributed by atoms with Crippen LogP contribution in [0.5, 0.6) is 0 Å². The lowest BCUT2D eigenvalue weighted by Gasteiger charge is -2.08. The number of rotatable bonds is 4. The van der Waals surface area contributed by atoms with Gasteiger partial charge in [-0.05, 0) is 31.2 Å². The van der Waals surface area contributed by atoms with Crippen LogP contribution in [0.3, 0.4) is 0 Å². The Hall–Kier alpha value is -2.93. The van der Waals surface area contributed by atoms with Gasteiger partial charge < -0.3 is 14.5 Å². The number of para-hydroxylation sites is 1. The summed E-state index contributed by atoms with van der Waals surface area (Å²) in [5.74, 6) is -0.581. The third-order valence-electron chi connectivity index (χ3n) is 3.33. The number of nitrogens with zero attached hydrogens (tertiary/aromatic N) is 1. The zero-order chi connectivity index (χ0) is 17.1. The van der Waals surface area contributed by atoms with Crippen LogP contribution in [-0.2, 0) is 4.74 Å². The average molecular weight is 342 g/mol. The first kappa shape index (κ1) is 15.9. The highest BCUT2D eigenvalue weighted by Gasteiger charge is 2.21. The Morgan fingerprint density at radius 2 is 2.00 bits per heavy atom. The predicted molar refractivity (Wildman–Crippen MR) is 90.3 cm³/mol. The fourth-order valence-electron chi connectivity index (χ4n) is 2.20. The van der Waals surface area contributed by atoms with Gasteiger partial charge in [-0.25, -0.2) is 9.78 Å². The second-order valence-corrected chi connectivity index (χ2v) is 6.22. The van der Waals surface area contributed by atoms with Crippen LogP contribution in [0.2, 0.25) is 0 Å². The summed E-state index contributed by atoms with van der Waals surface area (Å²) in [6, 6.07) is 10.4. The fraction of sp³-hybridized carbons (Fsp3) is 0.118. The van der Waals surface area contributed by atoms with Crippen molar-refractivity contribution in [1.82, 2.24) is 4.98 Å². The lowest BCUT2D eigenvalue weighted by Crippen LogP contribution is -2.16. The maximum absolute atomic E-state index is 12.6. The Labute approximate surface area is 142 Å². The molecular weight excluding hydrogens is 328 g/mol. The number of anilines is 1. The number of carbonyl (C=O) groups excluding carboxylic acids is 2. The van der Waals surface area contributed by atoms with Gasteiger partial charge in [0, 0.05) is 4.88 Å². The molecule has 24 heavy (non-hydrogen) atoms. The number of aryl methyl sites for hydroxylation is 1. The predicted octanol–water partition coefficient (Wildman–Crippen LogP) is 3.75. The molecule has 0 atom stereocenters. The third kappa shape index (κ3) is 3.07. The minimum Gasteiger partial charge on any atom is -0.465 e. The largest absolute Gasteiger partial charge is 0.465 e. The number of benzene rings is 1. The van der Waals surface area contributed by atoms with Gasteiger partial charge in [0.1, 0.15) is 0 Å². The lowest BCUT2D eigenvalue weighted by molar-refractivity contribution is 0.0602. The van der Waals surface area contributed by atoms with Crippen molar-refractivity contribution in [3.8, 4) is 10.6 Å². The number of carbonyl (C=O) groups is 2. The molecule has 0 aliphatic rings. The Morgan fingerprint density at radius 1 is 1.21 bits per heavy atom. The molecule has 3 aromatic rings. The van der Waals surface area contributed by atoms with E-state index in [1.54, 1.807) is 24.3 Å². The van der Waals surface area contributed by atoms with E-state index in [2.05, 4.69) is 10.3 Å². The summed E-state index contributed by atoms with van der Waals surface area (Å²) in [7, 11) is 1.29. The summed E-state index contributed by atoms with van der Waals surface area (Å²) >= 11 is 1.51. The third-order valence-corrected chi connectivity index (χ3v) is 4.33. The summed E-state index contributed by atoms with van der Waals surface area (Å²) in [6.07, 6.45) is 1.23. The molecule has 122 valence electrons. The van der Waals surface area contributed by atoms with Crippen molar-refractivity contribution >= 4 is 28.9 Å². The van der Waals surface area contributed by atoms with Gasteiger partial charge in [-0.3, -0.25) is 4.79 Å². The van der Waals surface area contributed by atoms with E-state index in [0.29, 0.717) is 11.4 Å². The van der Waals surface area contributed by atoms with Gasteiger partial charge >= 0.3 is 5.97 Å². The molecule has 3 rings (SSSR count). The van der Waals surface area contributed by atoms with E-state index in [4.69, 9.17) is 9.15 Å². The quantitative estimate of drug-likeness (QED) is 0.730. The van der Waals surface area contributed by atoms with Crippen LogP contribution in [0.4, 0.5) is 5.69 Å². The van der Waals surface area contributed by atoms with Crippen LogP contribution in [0.15, 0.2) is 47.2 Å². The Balaban J connectivity index is 1.90. The first-order valence-corrected chi connectivity index (χ1v) is 7.91. The van der Waals surface area contributed by atoms with Crippen molar-refractivity contribution < 1.29 is 18.7 Å². The van der Waals surface area contributed by atoms with Crippen LogP contribution in [0.25, 0.3) is 10.6 Å². The highest BCUT2D eigenvalue weighted by atomic mass is 32.1. The molecule has 1 aromatic carbocycles. The van der Waals surface area contributed by atoms with E-state index in [1.165, 1.54) is 24.8 Å². The number of hydrogen-bond acceptors (Lipinski definition) is 6. The van der Waals surface area contributed by atoms with E-state index >= 15 is 0 Å². The summed E-state index contributed by atoms with van der Waals surface area (Å²) in [6.45, 7) is 1.97. The van der Waals surface area contributed by atoms with E-state index in [9.17, 15) is 9.59 Å². The van der Waals surface area contributed by atoms with Crippen molar-refractivity contribution in [1.29, 1.82) is 0 Å². The number of amides is 1. The van der Waals surface area contributed by atoms with Gasteiger partial charge in [-0.1, -0.05) is 12.1 Å². The molecule has 0 saturated heterocycles. The summed E-state index contributed by atoms with van der Waals surface area (Å²) in [5.41, 5.74) is 0.785. The number of nitrogens with one attached hydrogen (secondary N) is 1. The van der Waals surface area contributed by atoms with Crippen molar-refractivity contribution in [2.45, 2.75) is 6.92 Å². The minimum absolute atomic E-state index is 0.163. The highest BCUT2D eigenvalue weighted by Crippen LogP contribution is 2.30. The van der Waals surface area contributed by atoms with E-state index in [1.807, 2.05) is 19.1 Å². The zero-order valence-corrected chi connectivity index (χ0v) is 13.8. The van der Waals surface area contributed by atoms with Gasteiger partial charge in [-0.15, -0.1) is 11.3 Å². The smallest absolute Gasteiger partial charge is 0.339 e. The van der Waals surface area contributed by atoms with Gasteiger partial charge in [0.05, 0.1) is 23.2 Å². The Kier molecular flexibility index (Phi) is 4.43. The van der Waals surface area contributed by atoms with E-state index in [0.717, 1.165) is 9.75 Å². The molecule has 1 amide bonds. The second kappa shape index (κ2) is 6.67. The Bertz CT molecular complexity index is 897. The average Bonchev–Trinajstić information content (AvgIpc) is 3.23. The molecule has 2 heterocycles. The molecule has 0 saturated carbocycles. The molecule has 0 aliphatic heterocycles. The topological polar surface area (TPSA) is 81.4 Å². The molecule has 1 N–H and O–H groups in total. The van der Waals surface area contributed by atoms with E-state index < -0.39 is 11.9 Å². The van der Waals surface area contributed by atoms with E-state index in [-0.39, 0.29) is 11.3 Å². The standard InChI is InChI=1S/C17H14N2O4S/c1-10-7-8-13(24-10)15-14(18-9-23-15)16(20)19-12-6-4-3-5-11(12)17(21)22-2/h3-9H,1-2H3,(H,19,20). The number of thiophene rings is 1. The highest BCUT2D eigenvalue weighted by molar-refractivity contribution is 7.15. The normalized spacial score (nSPS) is 10.4. The number of esters is 1. The molecule has 6 nitrogen and oxygen atoms in total. The lowest BCUT2D eigenvalue weighted by atomic mass is 10.1. The van der Waals surface area contributed by atoms with Crippen molar-refractivity contribution in [2.24, 2.45) is 0 Å². The number of hydrogen-bond donors (Lipinski definition) is 1. The van der Waals surface area contributed by atoms with Crippen LogP contribution in [0, 0.1) is 6.92 Å². The van der Waals surface area contributed by atoms with Crippen LogP contribution >= 0.6 is 11.3 Å². The van der Waals surface area contributed by atoms with Gasteiger partial charge in [0.15, 0.2) is 17.8 Å². The molecule has 7 heteroatoms. The number of oxazole rings is 1. The SMILES string of the molecule is COC(=O)c1ccccc1NC(=O)c1ncoc1-c1ccc(C)s1. The second-order valence-electron chi connectivity index (χ2n) is 4.93. The maximum atomic E-state index is 12.6. The molecule has 2 aromatic heterocycles. The molecule has 0 bridgehead atoms. The van der Waals surface area contributed by atoms with Crippen LogP contribution < -0.4 is 5.32 Å². The summed E-state index contributed by atoms with van der Waals surface area (Å²) in [4.78, 5) is 30.3. The zero-order valence-electron chi connectivity index (χ0n) is 13.0. The van der Waals surface area contributed by atoms with Gasteiger partial charge in [0.2, 0.25) is 0 Å². The van der Waals surface area contributed by atoms with Crippen molar-refractivity contribution in [3.05, 3.63) is 58.9 Å². The first-order valence-electron chi connectivity index (χ1n) is 7.09. The molecular formula is C17H14N2O4S. The Morgan fingerprint density at radius 3 is 2.71 bits per heavy atom. The maximum Gasteiger partial charge on any atom is 0.339 e. The van der Waals surface area contributed by atoms with Crippen LogP contribution in [0.1, 0.15) is 25.7 Å². The minimum atomic E-state index is -0.528. The monoisotopic (exact) mass is 342 g/mol. The van der Waals surface area contributed by atoms with Gasteiger partial charge in [0.25, 0.3) is 5.91 Å². The molecule has 0 unspecified atom stereocenters. The first-order chi connectivity index (χ1) is 11.6. The summed E-state index contributed by atoms with van der Waals surface area (Å²) < 4.78 is 10.1. The molecule has 0 spiro atoms. The summed E-state index contributed by atoms with van der Waals surface area (Å²) in [5, 5.41) is 2.69. The number of aromatic nitrogens is 1.